The van der Waals surface area contributed by atoms with Crippen molar-refractivity contribution in [3.63, 3.8) is 0 Å². The highest BCUT2D eigenvalue weighted by Crippen LogP contribution is 2.35. The van der Waals surface area contributed by atoms with Crippen LogP contribution in [0.25, 0.3) is 6.08 Å². The number of hydrogen-bond donors (Lipinski definition) is 0. The number of esters is 1. The second-order valence-corrected chi connectivity index (χ2v) is 7.74. The number of nitro groups is 1. The smallest absolute Gasteiger partial charge is 0.342 e. The van der Waals surface area contributed by atoms with Crippen molar-refractivity contribution in [2.75, 3.05) is 0 Å². The van der Waals surface area contributed by atoms with Crippen LogP contribution in [0.2, 0.25) is 0 Å². The van der Waals surface area contributed by atoms with Gasteiger partial charge in [-0.25, -0.2) is 4.79 Å². The number of carbonyl (C=O) groups is 2. The third kappa shape index (κ3) is 5.49. The molecule has 146 valence electrons. The second kappa shape index (κ2) is 8.93. The lowest BCUT2D eigenvalue weighted by molar-refractivity contribution is -0.384. The van der Waals surface area contributed by atoms with Crippen molar-refractivity contribution in [3.05, 3.63) is 45.5 Å². The Morgan fingerprint density at radius 2 is 2.00 bits per heavy atom. The van der Waals surface area contributed by atoms with E-state index in [2.05, 4.69) is 20.8 Å². The molecule has 1 aliphatic carbocycles. The molecule has 1 aliphatic rings. The number of ketones is 1. The number of hydrogen-bond acceptors (Lipinski definition) is 5. The van der Waals surface area contributed by atoms with E-state index in [1.165, 1.54) is 31.2 Å². The van der Waals surface area contributed by atoms with Gasteiger partial charge < -0.3 is 4.74 Å². The molecule has 0 saturated heterocycles. The number of rotatable bonds is 6. The van der Waals surface area contributed by atoms with Crippen LogP contribution in [0.5, 0.6) is 0 Å². The molecule has 0 amide bonds. The quantitative estimate of drug-likeness (QED) is 0.182. The van der Waals surface area contributed by atoms with E-state index in [1.54, 1.807) is 6.07 Å². The number of nitrogens with zero attached hydrogens (tertiary/aromatic N) is 1. The fourth-order valence-electron chi connectivity index (χ4n) is 3.65. The molecule has 1 aromatic carbocycles. The predicted molar refractivity (Wildman–Crippen MR) is 103 cm³/mol. The molecule has 6 heteroatoms. The highest BCUT2D eigenvalue weighted by atomic mass is 16.6. The number of ether oxygens (including phenoxy) is 1. The summed E-state index contributed by atoms with van der Waals surface area (Å²) in [5, 5.41) is 10.9. The van der Waals surface area contributed by atoms with Gasteiger partial charge in [-0.3, -0.25) is 14.9 Å². The minimum atomic E-state index is -0.654. The zero-order chi connectivity index (χ0) is 20.1. The molecule has 0 spiro atoms. The minimum Gasteiger partial charge on any atom is -0.458 e. The Morgan fingerprint density at radius 1 is 1.30 bits per heavy atom. The summed E-state index contributed by atoms with van der Waals surface area (Å²) >= 11 is 0. The maximum absolute atomic E-state index is 12.7. The third-order valence-corrected chi connectivity index (χ3v) is 5.21. The van der Waals surface area contributed by atoms with Gasteiger partial charge in [0.2, 0.25) is 0 Å². The van der Waals surface area contributed by atoms with E-state index >= 15 is 0 Å². The summed E-state index contributed by atoms with van der Waals surface area (Å²) in [6, 6.07) is 5.82. The van der Waals surface area contributed by atoms with E-state index in [0.29, 0.717) is 17.4 Å². The van der Waals surface area contributed by atoms with E-state index in [9.17, 15) is 19.7 Å². The molecule has 0 bridgehead atoms. The van der Waals surface area contributed by atoms with Crippen molar-refractivity contribution in [3.8, 4) is 0 Å². The van der Waals surface area contributed by atoms with Gasteiger partial charge in [0, 0.05) is 12.1 Å². The molecular formula is C21H27NO5. The lowest BCUT2D eigenvalue weighted by atomic mass is 9.75. The first kappa shape index (κ1) is 20.8. The lowest BCUT2D eigenvalue weighted by Crippen LogP contribution is -2.36. The summed E-state index contributed by atoms with van der Waals surface area (Å²) in [4.78, 5) is 35.1. The van der Waals surface area contributed by atoms with Crippen LogP contribution in [0.1, 0.15) is 52.5 Å². The van der Waals surface area contributed by atoms with E-state index in [-0.39, 0.29) is 23.3 Å². The fourth-order valence-corrected chi connectivity index (χ4v) is 3.65. The summed E-state index contributed by atoms with van der Waals surface area (Å²) in [5.74, 6) is 0.0579. The Labute approximate surface area is 159 Å². The van der Waals surface area contributed by atoms with E-state index in [4.69, 9.17) is 4.74 Å². The Kier molecular flexibility index (Phi) is 6.88. The zero-order valence-corrected chi connectivity index (χ0v) is 16.3. The topological polar surface area (TPSA) is 86.5 Å². The zero-order valence-electron chi connectivity index (χ0n) is 16.3. The van der Waals surface area contributed by atoms with Crippen molar-refractivity contribution < 1.29 is 19.2 Å². The molecule has 0 N–H and O–H groups in total. The standard InChI is InChI=1S/C21H27NO5/c1-13(2)18-9-8-14(3)10-20(18)27-21(24)19(15(4)23)12-16-6-5-7-17(11-16)22(25)26/h5-7,11-14,18,20H,8-10H2,1-4H3. The monoisotopic (exact) mass is 373 g/mol. The second-order valence-electron chi connectivity index (χ2n) is 7.74. The summed E-state index contributed by atoms with van der Waals surface area (Å²) < 4.78 is 5.75. The average Bonchev–Trinajstić information content (AvgIpc) is 2.59. The highest BCUT2D eigenvalue weighted by Gasteiger charge is 2.34. The molecule has 1 aromatic rings. The van der Waals surface area contributed by atoms with E-state index in [1.807, 2.05) is 0 Å². The van der Waals surface area contributed by atoms with Gasteiger partial charge in [-0.1, -0.05) is 39.3 Å². The first-order chi connectivity index (χ1) is 12.7. The van der Waals surface area contributed by atoms with Crippen LogP contribution in [-0.2, 0) is 14.3 Å². The van der Waals surface area contributed by atoms with Gasteiger partial charge in [-0.15, -0.1) is 0 Å². The summed E-state index contributed by atoms with van der Waals surface area (Å²) in [5.41, 5.74) is 0.237. The molecular weight excluding hydrogens is 346 g/mol. The number of nitro benzene ring substituents is 1. The molecule has 1 fully saturated rings. The Balaban J connectivity index is 2.25. The maximum Gasteiger partial charge on any atom is 0.342 e. The van der Waals surface area contributed by atoms with Gasteiger partial charge in [0.05, 0.1) is 4.92 Å². The van der Waals surface area contributed by atoms with Gasteiger partial charge >= 0.3 is 5.97 Å². The van der Waals surface area contributed by atoms with Crippen LogP contribution in [0, 0.1) is 27.9 Å². The number of Topliss-reactive ketones (excluding diaryl/α,β-unsaturated/α-hetero) is 1. The Bertz CT molecular complexity index is 753. The van der Waals surface area contributed by atoms with Crippen LogP contribution in [0.4, 0.5) is 5.69 Å². The van der Waals surface area contributed by atoms with E-state index in [0.717, 1.165) is 19.3 Å². The first-order valence-electron chi connectivity index (χ1n) is 9.37. The van der Waals surface area contributed by atoms with Crippen LogP contribution < -0.4 is 0 Å². The predicted octanol–water partition coefficient (Wildman–Crippen LogP) is 4.57. The van der Waals surface area contributed by atoms with Crippen LogP contribution in [0.15, 0.2) is 29.8 Å². The highest BCUT2D eigenvalue weighted by molar-refractivity contribution is 6.19. The third-order valence-electron chi connectivity index (χ3n) is 5.21. The molecule has 3 unspecified atom stereocenters. The summed E-state index contributed by atoms with van der Waals surface area (Å²) in [6.45, 7) is 7.68. The molecule has 0 radical (unpaired) electrons. The lowest BCUT2D eigenvalue weighted by Gasteiger charge is -2.36. The average molecular weight is 373 g/mol. The fraction of sp³-hybridized carbons (Fsp3) is 0.524. The van der Waals surface area contributed by atoms with Crippen molar-refractivity contribution in [1.29, 1.82) is 0 Å². The minimum absolute atomic E-state index is 0.0868. The molecule has 0 heterocycles. The largest absolute Gasteiger partial charge is 0.458 e. The molecule has 0 aliphatic heterocycles. The molecule has 1 saturated carbocycles. The van der Waals surface area contributed by atoms with Gasteiger partial charge in [-0.2, -0.15) is 0 Å². The number of carbonyl (C=O) groups excluding carboxylic acids is 2. The van der Waals surface area contributed by atoms with Crippen molar-refractivity contribution >= 4 is 23.5 Å². The van der Waals surface area contributed by atoms with Crippen molar-refractivity contribution in [2.45, 2.75) is 53.1 Å². The molecule has 27 heavy (non-hydrogen) atoms. The molecule has 6 nitrogen and oxygen atoms in total. The number of non-ortho nitro benzene ring substituents is 1. The van der Waals surface area contributed by atoms with Crippen LogP contribution in [0.3, 0.4) is 0 Å². The summed E-state index contributed by atoms with van der Waals surface area (Å²) in [7, 11) is 0. The first-order valence-corrected chi connectivity index (χ1v) is 9.37. The van der Waals surface area contributed by atoms with Gasteiger partial charge in [0.15, 0.2) is 5.78 Å². The summed E-state index contributed by atoms with van der Waals surface area (Å²) in [6.07, 6.45) is 4.06. The van der Waals surface area contributed by atoms with Crippen LogP contribution >= 0.6 is 0 Å². The Morgan fingerprint density at radius 3 is 2.59 bits per heavy atom. The van der Waals surface area contributed by atoms with E-state index < -0.39 is 16.7 Å². The SMILES string of the molecule is CC(=O)C(=Cc1cccc([N+](=O)[O-])c1)C(=O)OC1CC(C)CCC1C(C)C. The normalized spacial score (nSPS) is 23.1. The van der Waals surface area contributed by atoms with Gasteiger partial charge in [0.1, 0.15) is 11.7 Å². The van der Waals surface area contributed by atoms with Gasteiger partial charge in [-0.05, 0) is 49.2 Å². The van der Waals surface area contributed by atoms with Crippen molar-refractivity contribution in [2.24, 2.45) is 17.8 Å². The molecule has 0 aromatic heterocycles. The van der Waals surface area contributed by atoms with Gasteiger partial charge in [0.25, 0.3) is 5.69 Å². The molecule has 2 rings (SSSR count). The maximum atomic E-state index is 12.7. The van der Waals surface area contributed by atoms with Crippen LogP contribution in [-0.4, -0.2) is 22.8 Å². The van der Waals surface area contributed by atoms with Crippen molar-refractivity contribution in [1.82, 2.24) is 0 Å². The Hall–Kier alpha value is -2.50. The number of benzene rings is 1. The molecule has 3 atom stereocenters.